The summed E-state index contributed by atoms with van der Waals surface area (Å²) in [7, 11) is 0. The Labute approximate surface area is 137 Å². The van der Waals surface area contributed by atoms with Gasteiger partial charge in [-0.2, -0.15) is 0 Å². The molecule has 2 aromatic carbocycles. The van der Waals surface area contributed by atoms with Crippen LogP contribution in [-0.2, 0) is 11.2 Å². The molecule has 4 nitrogen and oxygen atoms in total. The Bertz CT molecular complexity index is 606. The molecule has 0 saturated carbocycles. The van der Waals surface area contributed by atoms with Gasteiger partial charge in [0.25, 0.3) is 0 Å². The Morgan fingerprint density at radius 1 is 0.913 bits per heavy atom. The number of nitrogens with one attached hydrogen (secondary N) is 1. The summed E-state index contributed by atoms with van der Waals surface area (Å²) in [5, 5.41) is 2.89. The normalized spacial score (nSPS) is 10.2. The number of carbonyl (C=O) groups is 1. The molecule has 0 heterocycles. The Kier molecular flexibility index (Phi) is 6.48. The minimum atomic E-state index is -0.0450. The van der Waals surface area contributed by atoms with E-state index in [2.05, 4.69) is 12.2 Å². The fraction of sp³-hybridized carbons (Fsp3) is 0.316. The van der Waals surface area contributed by atoms with Gasteiger partial charge in [-0.1, -0.05) is 19.1 Å². The summed E-state index contributed by atoms with van der Waals surface area (Å²) >= 11 is 0. The van der Waals surface area contributed by atoms with Crippen molar-refractivity contribution in [1.29, 1.82) is 0 Å². The second-order valence-corrected chi connectivity index (χ2v) is 5.17. The number of hydrogen-bond donors (Lipinski definition) is 1. The maximum atomic E-state index is 12.1. The van der Waals surface area contributed by atoms with Crippen LogP contribution in [-0.4, -0.2) is 19.1 Å². The van der Waals surface area contributed by atoms with Crippen LogP contribution in [0, 0.1) is 0 Å². The molecule has 0 aliphatic carbocycles. The van der Waals surface area contributed by atoms with Crippen molar-refractivity contribution < 1.29 is 14.3 Å². The van der Waals surface area contributed by atoms with Gasteiger partial charge >= 0.3 is 0 Å². The number of ether oxygens (including phenoxy) is 2. The molecule has 1 amide bonds. The zero-order chi connectivity index (χ0) is 16.5. The van der Waals surface area contributed by atoms with Gasteiger partial charge in [0, 0.05) is 5.69 Å². The van der Waals surface area contributed by atoms with Gasteiger partial charge in [0.2, 0.25) is 5.91 Å². The van der Waals surface area contributed by atoms with Crippen molar-refractivity contribution >= 4 is 11.6 Å². The lowest BCUT2D eigenvalue weighted by Gasteiger charge is -2.08. The van der Waals surface area contributed by atoms with Crippen LogP contribution in [0.2, 0.25) is 0 Å². The molecule has 0 spiro atoms. The Balaban J connectivity index is 1.86. The van der Waals surface area contributed by atoms with Crippen molar-refractivity contribution in [1.82, 2.24) is 0 Å². The Hall–Kier alpha value is -2.49. The molecule has 23 heavy (non-hydrogen) atoms. The van der Waals surface area contributed by atoms with E-state index < -0.39 is 0 Å². The van der Waals surface area contributed by atoms with Gasteiger partial charge in [0.15, 0.2) is 0 Å². The highest BCUT2D eigenvalue weighted by molar-refractivity contribution is 5.92. The molecular formula is C19H23NO3. The monoisotopic (exact) mass is 313 g/mol. The quantitative estimate of drug-likeness (QED) is 0.799. The molecule has 2 aromatic rings. The van der Waals surface area contributed by atoms with E-state index in [4.69, 9.17) is 9.47 Å². The van der Waals surface area contributed by atoms with E-state index in [1.54, 1.807) is 0 Å². The Morgan fingerprint density at radius 2 is 1.52 bits per heavy atom. The molecule has 0 aromatic heterocycles. The van der Waals surface area contributed by atoms with E-state index in [0.717, 1.165) is 29.2 Å². The fourth-order valence-electron chi connectivity index (χ4n) is 2.12. The third kappa shape index (κ3) is 5.66. The van der Waals surface area contributed by atoms with Crippen molar-refractivity contribution in [3.05, 3.63) is 54.1 Å². The first-order valence-corrected chi connectivity index (χ1v) is 7.95. The summed E-state index contributed by atoms with van der Waals surface area (Å²) in [6, 6.07) is 15.0. The van der Waals surface area contributed by atoms with Gasteiger partial charge in [0.05, 0.1) is 19.6 Å². The first-order valence-electron chi connectivity index (χ1n) is 7.95. The van der Waals surface area contributed by atoms with Crippen molar-refractivity contribution in [3.63, 3.8) is 0 Å². The van der Waals surface area contributed by atoms with E-state index in [9.17, 15) is 4.79 Å². The van der Waals surface area contributed by atoms with Gasteiger partial charge in [-0.05, 0) is 55.3 Å². The smallest absolute Gasteiger partial charge is 0.228 e. The molecular weight excluding hydrogens is 290 g/mol. The van der Waals surface area contributed by atoms with E-state index in [1.165, 1.54) is 0 Å². The summed E-state index contributed by atoms with van der Waals surface area (Å²) in [6.45, 7) is 5.34. The number of anilines is 1. The summed E-state index contributed by atoms with van der Waals surface area (Å²) in [6.07, 6.45) is 1.31. The third-order valence-corrected chi connectivity index (χ3v) is 3.21. The molecule has 0 atom stereocenters. The molecule has 4 heteroatoms. The second kappa shape index (κ2) is 8.83. The van der Waals surface area contributed by atoms with Crippen LogP contribution in [0.15, 0.2) is 48.5 Å². The zero-order valence-electron chi connectivity index (χ0n) is 13.7. The molecule has 0 saturated heterocycles. The van der Waals surface area contributed by atoms with Gasteiger partial charge in [0.1, 0.15) is 11.5 Å². The lowest BCUT2D eigenvalue weighted by Crippen LogP contribution is -2.14. The highest BCUT2D eigenvalue weighted by atomic mass is 16.5. The number of carbonyl (C=O) groups excluding carboxylic acids is 1. The molecule has 0 aliphatic rings. The SMILES string of the molecule is CCCOc1ccc(NC(=O)Cc2ccc(OCC)cc2)cc1. The molecule has 0 unspecified atom stereocenters. The van der Waals surface area contributed by atoms with Crippen molar-refractivity contribution in [2.24, 2.45) is 0 Å². The molecule has 0 fully saturated rings. The highest BCUT2D eigenvalue weighted by Crippen LogP contribution is 2.17. The van der Waals surface area contributed by atoms with Crippen LogP contribution in [0.4, 0.5) is 5.69 Å². The van der Waals surface area contributed by atoms with Crippen LogP contribution in [0.5, 0.6) is 11.5 Å². The standard InChI is InChI=1S/C19H23NO3/c1-3-13-23-18-11-7-16(8-12-18)20-19(21)14-15-5-9-17(10-6-15)22-4-2/h5-12H,3-4,13-14H2,1-2H3,(H,20,21). The van der Waals surface area contributed by atoms with Gasteiger partial charge < -0.3 is 14.8 Å². The zero-order valence-corrected chi connectivity index (χ0v) is 13.7. The second-order valence-electron chi connectivity index (χ2n) is 5.17. The summed E-state index contributed by atoms with van der Waals surface area (Å²) < 4.78 is 10.9. The van der Waals surface area contributed by atoms with Gasteiger partial charge in [-0.3, -0.25) is 4.79 Å². The van der Waals surface area contributed by atoms with Gasteiger partial charge in [-0.15, -0.1) is 0 Å². The molecule has 0 radical (unpaired) electrons. The lowest BCUT2D eigenvalue weighted by atomic mass is 10.1. The first kappa shape index (κ1) is 16.9. The summed E-state index contributed by atoms with van der Waals surface area (Å²) in [5.41, 5.74) is 1.72. The number of rotatable bonds is 8. The number of benzene rings is 2. The summed E-state index contributed by atoms with van der Waals surface area (Å²) in [4.78, 5) is 12.1. The van der Waals surface area contributed by atoms with Crippen molar-refractivity contribution in [2.75, 3.05) is 18.5 Å². The van der Waals surface area contributed by atoms with E-state index >= 15 is 0 Å². The number of amides is 1. The minimum absolute atomic E-state index is 0.0450. The van der Waals surface area contributed by atoms with E-state index in [-0.39, 0.29) is 5.91 Å². The predicted octanol–water partition coefficient (Wildman–Crippen LogP) is 4.06. The van der Waals surface area contributed by atoms with Crippen LogP contribution in [0.3, 0.4) is 0 Å². The molecule has 122 valence electrons. The maximum absolute atomic E-state index is 12.1. The topological polar surface area (TPSA) is 47.6 Å². The van der Waals surface area contributed by atoms with E-state index in [0.29, 0.717) is 19.6 Å². The average molecular weight is 313 g/mol. The average Bonchev–Trinajstić information content (AvgIpc) is 2.56. The first-order chi connectivity index (χ1) is 11.2. The molecule has 1 N–H and O–H groups in total. The largest absolute Gasteiger partial charge is 0.494 e. The minimum Gasteiger partial charge on any atom is -0.494 e. The van der Waals surface area contributed by atoms with E-state index in [1.807, 2.05) is 55.5 Å². The highest BCUT2D eigenvalue weighted by Gasteiger charge is 2.05. The van der Waals surface area contributed by atoms with Crippen molar-refractivity contribution in [3.8, 4) is 11.5 Å². The van der Waals surface area contributed by atoms with Crippen molar-refractivity contribution in [2.45, 2.75) is 26.7 Å². The van der Waals surface area contributed by atoms with Crippen LogP contribution >= 0.6 is 0 Å². The van der Waals surface area contributed by atoms with Crippen LogP contribution < -0.4 is 14.8 Å². The molecule has 0 bridgehead atoms. The Morgan fingerprint density at radius 3 is 2.13 bits per heavy atom. The summed E-state index contributed by atoms with van der Waals surface area (Å²) in [5.74, 6) is 1.59. The van der Waals surface area contributed by atoms with Crippen LogP contribution in [0.1, 0.15) is 25.8 Å². The predicted molar refractivity (Wildman–Crippen MR) is 92.2 cm³/mol. The maximum Gasteiger partial charge on any atom is 0.228 e. The lowest BCUT2D eigenvalue weighted by molar-refractivity contribution is -0.115. The molecule has 2 rings (SSSR count). The third-order valence-electron chi connectivity index (χ3n) is 3.21. The fourth-order valence-corrected chi connectivity index (χ4v) is 2.12. The molecule has 0 aliphatic heterocycles. The number of hydrogen-bond acceptors (Lipinski definition) is 3. The van der Waals surface area contributed by atoms with Gasteiger partial charge in [-0.25, -0.2) is 0 Å². The van der Waals surface area contributed by atoms with Crippen LogP contribution in [0.25, 0.3) is 0 Å².